The zero-order valence-electron chi connectivity index (χ0n) is 11.6. The minimum absolute atomic E-state index is 0.0611. The molecule has 1 aromatic heterocycles. The Balaban J connectivity index is 1.82. The van der Waals surface area contributed by atoms with Crippen LogP contribution in [0.2, 0.25) is 0 Å². The van der Waals surface area contributed by atoms with Crippen molar-refractivity contribution in [2.24, 2.45) is 0 Å². The Bertz CT molecular complexity index is 672. The van der Waals surface area contributed by atoms with Gasteiger partial charge in [0, 0.05) is 30.4 Å². The molecule has 1 aliphatic heterocycles. The van der Waals surface area contributed by atoms with Crippen LogP contribution >= 0.6 is 0 Å². The van der Waals surface area contributed by atoms with Crippen LogP contribution in [0.3, 0.4) is 0 Å². The molecule has 20 heavy (non-hydrogen) atoms. The topological polar surface area (TPSA) is 53.2 Å². The van der Waals surface area contributed by atoms with Crippen LogP contribution in [-0.2, 0) is 11.2 Å². The number of para-hydroxylation sites is 1. The summed E-state index contributed by atoms with van der Waals surface area (Å²) < 4.78 is 0. The van der Waals surface area contributed by atoms with Gasteiger partial charge in [-0.05, 0) is 31.4 Å². The fraction of sp³-hybridized carbons (Fsp3) is 0.375. The van der Waals surface area contributed by atoms with E-state index in [1.54, 1.807) is 6.92 Å². The summed E-state index contributed by atoms with van der Waals surface area (Å²) in [5, 5.41) is 1.15. The molecule has 104 valence electrons. The molecule has 2 aromatic rings. The van der Waals surface area contributed by atoms with Gasteiger partial charge in [-0.3, -0.25) is 4.79 Å². The monoisotopic (exact) mass is 270 g/mol. The quantitative estimate of drug-likeness (QED) is 0.928. The molecule has 0 atom stereocenters. The molecule has 0 saturated carbocycles. The van der Waals surface area contributed by atoms with E-state index in [9.17, 15) is 9.59 Å². The van der Waals surface area contributed by atoms with Crippen LogP contribution in [0.1, 0.15) is 35.8 Å². The van der Waals surface area contributed by atoms with Crippen LogP contribution in [0.25, 0.3) is 10.9 Å². The number of hydrogen-bond acceptors (Lipinski definition) is 2. The number of benzene rings is 1. The van der Waals surface area contributed by atoms with E-state index < -0.39 is 0 Å². The van der Waals surface area contributed by atoms with Crippen LogP contribution < -0.4 is 0 Å². The Labute approximate surface area is 117 Å². The second-order valence-corrected chi connectivity index (χ2v) is 5.37. The molecular weight excluding hydrogens is 252 g/mol. The smallest absolute Gasteiger partial charge is 0.270 e. The van der Waals surface area contributed by atoms with Gasteiger partial charge in [-0.15, -0.1) is 0 Å². The van der Waals surface area contributed by atoms with Crippen molar-refractivity contribution in [3.8, 4) is 0 Å². The summed E-state index contributed by atoms with van der Waals surface area (Å²) in [6, 6.07) is 8.03. The molecule has 0 radical (unpaired) electrons. The van der Waals surface area contributed by atoms with Gasteiger partial charge < -0.3 is 14.7 Å². The molecule has 0 spiro atoms. The number of carbonyl (C=O) groups is 2. The first-order valence-corrected chi connectivity index (χ1v) is 7.05. The van der Waals surface area contributed by atoms with Gasteiger partial charge in [-0.25, -0.2) is 0 Å². The Morgan fingerprint density at radius 1 is 1.35 bits per heavy atom. The van der Waals surface area contributed by atoms with Crippen molar-refractivity contribution in [3.05, 3.63) is 35.5 Å². The van der Waals surface area contributed by atoms with E-state index in [0.29, 0.717) is 13.0 Å². The summed E-state index contributed by atoms with van der Waals surface area (Å²) in [4.78, 5) is 28.5. The highest BCUT2D eigenvalue weighted by atomic mass is 16.2. The maximum Gasteiger partial charge on any atom is 0.270 e. The van der Waals surface area contributed by atoms with Gasteiger partial charge >= 0.3 is 0 Å². The van der Waals surface area contributed by atoms with E-state index in [0.717, 1.165) is 41.5 Å². The predicted molar refractivity (Wildman–Crippen MR) is 77.8 cm³/mol. The third kappa shape index (κ3) is 2.22. The van der Waals surface area contributed by atoms with Gasteiger partial charge in [0.2, 0.25) is 0 Å². The number of amides is 1. The number of carbonyl (C=O) groups excluding carboxylic acids is 2. The van der Waals surface area contributed by atoms with Crippen molar-refractivity contribution in [1.29, 1.82) is 0 Å². The van der Waals surface area contributed by atoms with Gasteiger partial charge in [0.25, 0.3) is 5.91 Å². The summed E-state index contributed by atoms with van der Waals surface area (Å²) in [5.74, 6) is 0.242. The molecule has 2 heterocycles. The van der Waals surface area contributed by atoms with E-state index >= 15 is 0 Å². The molecule has 4 heteroatoms. The first-order valence-electron chi connectivity index (χ1n) is 7.05. The number of nitrogens with zero attached hydrogens (tertiary/aromatic N) is 1. The second-order valence-electron chi connectivity index (χ2n) is 5.37. The molecular formula is C16H18N2O2. The summed E-state index contributed by atoms with van der Waals surface area (Å²) in [6.45, 7) is 2.99. The molecule has 0 saturated heterocycles. The van der Waals surface area contributed by atoms with Gasteiger partial charge in [-0.1, -0.05) is 18.2 Å². The fourth-order valence-electron chi connectivity index (χ4n) is 2.88. The number of aromatic amines is 1. The van der Waals surface area contributed by atoms with Gasteiger partial charge in [0.1, 0.15) is 11.5 Å². The van der Waals surface area contributed by atoms with Crippen molar-refractivity contribution < 1.29 is 9.59 Å². The number of rotatable bonds is 4. The summed E-state index contributed by atoms with van der Waals surface area (Å²) in [6.07, 6.45) is 2.17. The Morgan fingerprint density at radius 3 is 2.95 bits per heavy atom. The van der Waals surface area contributed by atoms with Gasteiger partial charge in [0.05, 0.1) is 0 Å². The zero-order chi connectivity index (χ0) is 14.1. The molecule has 3 rings (SSSR count). The number of fused-ring (bicyclic) bond motifs is 3. The lowest BCUT2D eigenvalue weighted by molar-refractivity contribution is -0.117. The highest BCUT2D eigenvalue weighted by molar-refractivity contribution is 6.02. The molecule has 4 nitrogen and oxygen atoms in total. The van der Waals surface area contributed by atoms with Crippen LogP contribution in [-0.4, -0.2) is 34.7 Å². The average Bonchev–Trinajstić information content (AvgIpc) is 2.81. The molecule has 0 bridgehead atoms. The highest BCUT2D eigenvalue weighted by Crippen LogP contribution is 2.27. The molecule has 0 fully saturated rings. The van der Waals surface area contributed by atoms with Crippen LogP contribution in [0.4, 0.5) is 0 Å². The highest BCUT2D eigenvalue weighted by Gasteiger charge is 2.27. The number of ketones is 1. The lowest BCUT2D eigenvalue weighted by atomic mass is 10.0. The Kier molecular flexibility index (Phi) is 3.30. The largest absolute Gasteiger partial charge is 0.350 e. The maximum atomic E-state index is 12.5. The molecule has 1 aliphatic rings. The molecule has 1 N–H and O–H groups in total. The molecule has 0 aliphatic carbocycles. The third-order valence-electron chi connectivity index (χ3n) is 3.90. The lowest BCUT2D eigenvalue weighted by Gasteiger charge is -2.26. The van der Waals surface area contributed by atoms with Crippen LogP contribution in [0.5, 0.6) is 0 Å². The van der Waals surface area contributed by atoms with Gasteiger partial charge in [-0.2, -0.15) is 0 Å². The van der Waals surface area contributed by atoms with Crippen molar-refractivity contribution >= 4 is 22.6 Å². The predicted octanol–water partition coefficient (Wildman–Crippen LogP) is 2.54. The standard InChI is InChI=1S/C16H18N2O2/c1-11(19)5-4-9-18-10-8-13-12-6-2-3-7-14(12)17-15(13)16(18)20/h2-3,6-7,17H,4-5,8-10H2,1H3. The van der Waals surface area contributed by atoms with Crippen molar-refractivity contribution in [2.75, 3.05) is 13.1 Å². The summed E-state index contributed by atoms with van der Waals surface area (Å²) in [7, 11) is 0. The zero-order valence-corrected chi connectivity index (χ0v) is 11.6. The maximum absolute atomic E-state index is 12.5. The number of aromatic nitrogens is 1. The van der Waals surface area contributed by atoms with Crippen LogP contribution in [0, 0.1) is 0 Å². The van der Waals surface area contributed by atoms with Crippen molar-refractivity contribution in [3.63, 3.8) is 0 Å². The number of H-pyrrole nitrogens is 1. The van der Waals surface area contributed by atoms with E-state index in [2.05, 4.69) is 11.1 Å². The van der Waals surface area contributed by atoms with E-state index in [4.69, 9.17) is 0 Å². The second kappa shape index (κ2) is 5.12. The Morgan fingerprint density at radius 2 is 2.15 bits per heavy atom. The van der Waals surface area contributed by atoms with Gasteiger partial charge in [0.15, 0.2) is 0 Å². The van der Waals surface area contributed by atoms with Crippen molar-refractivity contribution in [2.45, 2.75) is 26.2 Å². The SMILES string of the molecule is CC(=O)CCCN1CCc2c([nH]c3ccccc23)C1=O. The number of Topliss-reactive ketones (excluding diaryl/α,β-unsaturated/α-hetero) is 1. The number of hydrogen-bond donors (Lipinski definition) is 1. The average molecular weight is 270 g/mol. The lowest BCUT2D eigenvalue weighted by Crippen LogP contribution is -2.38. The summed E-state index contributed by atoms with van der Waals surface area (Å²) >= 11 is 0. The summed E-state index contributed by atoms with van der Waals surface area (Å²) in [5.41, 5.74) is 2.88. The molecule has 1 amide bonds. The first kappa shape index (κ1) is 12.9. The fourth-order valence-corrected chi connectivity index (χ4v) is 2.88. The molecule has 1 aromatic carbocycles. The Hall–Kier alpha value is -2.10. The van der Waals surface area contributed by atoms with Crippen LogP contribution in [0.15, 0.2) is 24.3 Å². The molecule has 0 unspecified atom stereocenters. The minimum atomic E-state index is 0.0611. The normalized spacial score (nSPS) is 14.7. The van der Waals surface area contributed by atoms with E-state index in [-0.39, 0.29) is 11.7 Å². The number of nitrogens with one attached hydrogen (secondary N) is 1. The third-order valence-corrected chi connectivity index (χ3v) is 3.90. The minimum Gasteiger partial charge on any atom is -0.350 e. The van der Waals surface area contributed by atoms with E-state index in [1.807, 2.05) is 23.1 Å². The first-order chi connectivity index (χ1) is 9.66. The van der Waals surface area contributed by atoms with Crippen molar-refractivity contribution in [1.82, 2.24) is 9.88 Å². The van der Waals surface area contributed by atoms with E-state index in [1.165, 1.54) is 0 Å².